The Morgan fingerprint density at radius 2 is 1.73 bits per heavy atom. The number of amides is 1. The predicted octanol–water partition coefficient (Wildman–Crippen LogP) is 5.64. The largest absolute Gasteiger partial charge is 0.493 e. The average molecular weight is 440 g/mol. The topological polar surface area (TPSA) is 47.4 Å². The number of para-hydroxylation sites is 3. The molecule has 0 saturated carbocycles. The lowest BCUT2D eigenvalue weighted by molar-refractivity contribution is -0.117. The highest BCUT2D eigenvalue weighted by atomic mass is 16.5. The molecule has 3 aromatic carbocycles. The summed E-state index contributed by atoms with van der Waals surface area (Å²) < 4.78 is 8.30. The van der Waals surface area contributed by atoms with Crippen molar-refractivity contribution < 1.29 is 9.53 Å². The van der Waals surface area contributed by atoms with Crippen LogP contribution in [0, 0.1) is 13.8 Å². The van der Waals surface area contributed by atoms with Gasteiger partial charge in [0.05, 0.1) is 17.6 Å². The maximum Gasteiger partial charge on any atom is 0.227 e. The van der Waals surface area contributed by atoms with Gasteiger partial charge in [0, 0.05) is 31.1 Å². The number of anilines is 1. The van der Waals surface area contributed by atoms with Crippen LogP contribution in [-0.2, 0) is 11.3 Å². The number of aromatic nitrogens is 2. The zero-order valence-corrected chi connectivity index (χ0v) is 19.2. The van der Waals surface area contributed by atoms with E-state index >= 15 is 0 Å². The fourth-order valence-electron chi connectivity index (χ4n) is 4.62. The Kier molecular flexibility index (Phi) is 5.86. The smallest absolute Gasteiger partial charge is 0.227 e. The van der Waals surface area contributed by atoms with E-state index in [1.807, 2.05) is 53.4 Å². The maximum absolute atomic E-state index is 12.9. The highest BCUT2D eigenvalue weighted by Gasteiger charge is 2.34. The molecular weight excluding hydrogens is 410 g/mol. The molecule has 5 rings (SSSR count). The van der Waals surface area contributed by atoms with Crippen LogP contribution in [-0.4, -0.2) is 28.6 Å². The van der Waals surface area contributed by atoms with Crippen molar-refractivity contribution in [3.63, 3.8) is 0 Å². The van der Waals surface area contributed by atoms with E-state index < -0.39 is 0 Å². The van der Waals surface area contributed by atoms with Crippen LogP contribution in [0.1, 0.15) is 35.7 Å². The van der Waals surface area contributed by atoms with Gasteiger partial charge in [-0.05, 0) is 56.2 Å². The van der Waals surface area contributed by atoms with Crippen molar-refractivity contribution >= 4 is 22.6 Å². The summed E-state index contributed by atoms with van der Waals surface area (Å²) >= 11 is 0. The molecule has 2 heterocycles. The molecule has 0 bridgehead atoms. The molecule has 1 amide bonds. The molecule has 5 nitrogen and oxygen atoms in total. The lowest BCUT2D eigenvalue weighted by Gasteiger charge is -2.18. The standard InChI is InChI=1S/C28H29N3O2/c1-20-12-14-23(15-13-20)31-19-22(18-27(31)32)28-29-24-9-4-5-10-25(24)30(28)16-7-17-33-26-11-6-3-8-21(26)2/h3-6,8-15,22H,7,16-19H2,1-2H3/t22-/m1/s1. The van der Waals surface area contributed by atoms with Crippen LogP contribution in [0.15, 0.2) is 72.8 Å². The number of ether oxygens (including phenoxy) is 1. The molecule has 0 aliphatic carbocycles. The van der Waals surface area contributed by atoms with Crippen LogP contribution in [0.4, 0.5) is 5.69 Å². The molecule has 0 unspecified atom stereocenters. The Morgan fingerprint density at radius 3 is 2.55 bits per heavy atom. The molecule has 168 valence electrons. The summed E-state index contributed by atoms with van der Waals surface area (Å²) in [5.74, 6) is 2.16. The third kappa shape index (κ3) is 4.36. The van der Waals surface area contributed by atoms with Crippen molar-refractivity contribution in [1.29, 1.82) is 0 Å². The summed E-state index contributed by atoms with van der Waals surface area (Å²) in [6.07, 6.45) is 1.35. The molecule has 33 heavy (non-hydrogen) atoms. The maximum atomic E-state index is 12.9. The van der Waals surface area contributed by atoms with Crippen LogP contribution in [0.5, 0.6) is 5.75 Å². The van der Waals surface area contributed by atoms with E-state index in [1.54, 1.807) is 0 Å². The summed E-state index contributed by atoms with van der Waals surface area (Å²) in [6, 6.07) is 24.5. The van der Waals surface area contributed by atoms with Crippen molar-refractivity contribution in [3.8, 4) is 5.75 Å². The highest BCUT2D eigenvalue weighted by Crippen LogP contribution is 2.33. The Balaban J connectivity index is 1.35. The van der Waals surface area contributed by atoms with Crippen molar-refractivity contribution in [3.05, 3.63) is 89.7 Å². The second-order valence-electron chi connectivity index (χ2n) is 8.82. The van der Waals surface area contributed by atoms with E-state index in [2.05, 4.69) is 42.7 Å². The van der Waals surface area contributed by atoms with Crippen LogP contribution in [0.25, 0.3) is 11.0 Å². The summed E-state index contributed by atoms with van der Waals surface area (Å²) in [4.78, 5) is 19.8. The number of carbonyl (C=O) groups excluding carboxylic acids is 1. The van der Waals surface area contributed by atoms with Crippen LogP contribution < -0.4 is 9.64 Å². The minimum Gasteiger partial charge on any atom is -0.493 e. The average Bonchev–Trinajstić information content (AvgIpc) is 3.39. The SMILES string of the molecule is Cc1ccc(N2C[C@H](c3nc4ccccc4n3CCCOc3ccccc3C)CC2=O)cc1. The van der Waals surface area contributed by atoms with Crippen molar-refractivity contribution in [2.45, 2.75) is 39.2 Å². The number of carbonyl (C=O) groups is 1. The molecule has 0 radical (unpaired) electrons. The first-order valence-electron chi connectivity index (χ1n) is 11.6. The van der Waals surface area contributed by atoms with Gasteiger partial charge in [-0.15, -0.1) is 0 Å². The number of benzene rings is 3. The van der Waals surface area contributed by atoms with Crippen molar-refractivity contribution in [2.24, 2.45) is 0 Å². The molecule has 1 atom stereocenters. The number of nitrogens with zero attached hydrogens (tertiary/aromatic N) is 3. The molecule has 0 spiro atoms. The Labute approximate surface area is 194 Å². The second-order valence-corrected chi connectivity index (χ2v) is 8.82. The summed E-state index contributed by atoms with van der Waals surface area (Å²) in [7, 11) is 0. The molecular formula is C28H29N3O2. The van der Waals surface area contributed by atoms with Gasteiger partial charge < -0.3 is 14.2 Å². The van der Waals surface area contributed by atoms with Gasteiger partial charge in [0.2, 0.25) is 5.91 Å². The molecule has 1 aliphatic heterocycles. The van der Waals surface area contributed by atoms with Crippen LogP contribution >= 0.6 is 0 Å². The number of imidazole rings is 1. The summed E-state index contributed by atoms with van der Waals surface area (Å²) in [5.41, 5.74) is 5.39. The van der Waals surface area contributed by atoms with E-state index in [0.717, 1.165) is 46.8 Å². The minimum atomic E-state index is 0.0727. The predicted molar refractivity (Wildman–Crippen MR) is 132 cm³/mol. The summed E-state index contributed by atoms with van der Waals surface area (Å²) in [6.45, 7) is 6.22. The molecule has 4 aromatic rings. The van der Waals surface area contributed by atoms with Gasteiger partial charge in [-0.2, -0.15) is 0 Å². The Hall–Kier alpha value is -3.60. The lowest BCUT2D eigenvalue weighted by Crippen LogP contribution is -2.24. The fourth-order valence-corrected chi connectivity index (χ4v) is 4.62. The molecule has 1 aliphatic rings. The first-order chi connectivity index (χ1) is 16.1. The summed E-state index contributed by atoms with van der Waals surface area (Å²) in [5, 5.41) is 0. The zero-order chi connectivity index (χ0) is 22.8. The third-order valence-corrected chi connectivity index (χ3v) is 6.40. The van der Waals surface area contributed by atoms with Gasteiger partial charge in [0.25, 0.3) is 0 Å². The van der Waals surface area contributed by atoms with Gasteiger partial charge in [-0.1, -0.05) is 48.0 Å². The van der Waals surface area contributed by atoms with Gasteiger partial charge in [-0.25, -0.2) is 4.98 Å². The number of fused-ring (bicyclic) bond motifs is 1. The first kappa shape index (κ1) is 21.3. The molecule has 0 N–H and O–H groups in total. The fraction of sp³-hybridized carbons (Fsp3) is 0.286. The van der Waals surface area contributed by atoms with E-state index in [9.17, 15) is 4.79 Å². The molecule has 1 fully saturated rings. The van der Waals surface area contributed by atoms with Gasteiger partial charge in [0.1, 0.15) is 11.6 Å². The van der Waals surface area contributed by atoms with Gasteiger partial charge >= 0.3 is 0 Å². The highest BCUT2D eigenvalue weighted by molar-refractivity contribution is 5.96. The Morgan fingerprint density at radius 1 is 0.970 bits per heavy atom. The number of rotatable bonds is 7. The molecule has 5 heteroatoms. The Bertz CT molecular complexity index is 1280. The molecule has 1 saturated heterocycles. The van der Waals surface area contributed by atoms with Crippen molar-refractivity contribution in [2.75, 3.05) is 18.1 Å². The van der Waals surface area contributed by atoms with Crippen molar-refractivity contribution in [1.82, 2.24) is 9.55 Å². The second kappa shape index (κ2) is 9.10. The van der Waals surface area contributed by atoms with Crippen LogP contribution in [0.2, 0.25) is 0 Å². The van der Waals surface area contributed by atoms with Crippen LogP contribution in [0.3, 0.4) is 0 Å². The number of hydrogen-bond donors (Lipinski definition) is 0. The number of hydrogen-bond acceptors (Lipinski definition) is 3. The lowest BCUT2D eigenvalue weighted by atomic mass is 10.1. The van der Waals surface area contributed by atoms with E-state index in [-0.39, 0.29) is 11.8 Å². The van der Waals surface area contributed by atoms with Gasteiger partial charge in [0.15, 0.2) is 0 Å². The minimum absolute atomic E-state index is 0.0727. The van der Waals surface area contributed by atoms with Gasteiger partial charge in [-0.3, -0.25) is 4.79 Å². The quantitative estimate of drug-likeness (QED) is 0.350. The zero-order valence-electron chi connectivity index (χ0n) is 19.2. The normalized spacial score (nSPS) is 16.0. The monoisotopic (exact) mass is 439 g/mol. The third-order valence-electron chi connectivity index (χ3n) is 6.40. The first-order valence-corrected chi connectivity index (χ1v) is 11.6. The van der Waals surface area contributed by atoms with E-state index in [1.165, 1.54) is 5.56 Å². The molecule has 1 aromatic heterocycles. The number of aryl methyl sites for hydroxylation is 3. The van der Waals surface area contributed by atoms with E-state index in [4.69, 9.17) is 9.72 Å². The van der Waals surface area contributed by atoms with E-state index in [0.29, 0.717) is 19.6 Å².